The third kappa shape index (κ3) is 3.40. The number of aromatic nitrogens is 1. The summed E-state index contributed by atoms with van der Waals surface area (Å²) in [5.41, 5.74) is 2.58. The first-order valence-electron chi connectivity index (χ1n) is 9.68. The minimum atomic E-state index is -0.0162. The molecule has 0 atom stereocenters. The van der Waals surface area contributed by atoms with Crippen LogP contribution in [0.5, 0.6) is 0 Å². The molecule has 0 N–H and O–H groups in total. The highest BCUT2D eigenvalue weighted by atomic mass is 16.5. The molecular weight excluding hydrogens is 328 g/mol. The van der Waals surface area contributed by atoms with Gasteiger partial charge in [-0.3, -0.25) is 4.79 Å². The van der Waals surface area contributed by atoms with Crippen LogP contribution in [0, 0.1) is 6.92 Å². The molecule has 1 saturated carbocycles. The fourth-order valence-corrected chi connectivity index (χ4v) is 3.97. The number of benzene rings is 1. The number of hydrogen-bond donors (Lipinski definition) is 0. The van der Waals surface area contributed by atoms with Crippen LogP contribution in [0.25, 0.3) is 11.5 Å². The molecule has 2 aromatic rings. The molecule has 0 bridgehead atoms. The van der Waals surface area contributed by atoms with Crippen LogP contribution in [-0.4, -0.2) is 42.1 Å². The predicted molar refractivity (Wildman–Crippen MR) is 99.2 cm³/mol. The van der Waals surface area contributed by atoms with Gasteiger partial charge in [-0.25, -0.2) is 4.98 Å². The van der Waals surface area contributed by atoms with E-state index in [0.29, 0.717) is 43.8 Å². The van der Waals surface area contributed by atoms with E-state index in [9.17, 15) is 4.79 Å². The summed E-state index contributed by atoms with van der Waals surface area (Å²) in [6.45, 7) is 4.47. The van der Waals surface area contributed by atoms with E-state index in [1.54, 1.807) is 0 Å². The first-order valence-corrected chi connectivity index (χ1v) is 9.68. The van der Waals surface area contributed by atoms with Gasteiger partial charge >= 0.3 is 0 Å². The molecule has 1 aliphatic carbocycles. The number of nitrogens with zero attached hydrogens (tertiary/aromatic N) is 2. The second kappa shape index (κ2) is 7.62. The number of amides is 1. The molecule has 5 nitrogen and oxygen atoms in total. The quantitative estimate of drug-likeness (QED) is 0.830. The third-order valence-corrected chi connectivity index (χ3v) is 5.51. The van der Waals surface area contributed by atoms with Crippen molar-refractivity contribution < 1.29 is 13.9 Å². The Labute approximate surface area is 154 Å². The standard InChI is InChI=1S/C21H26N2O3/c1-15-7-5-6-10-17(15)20-22-18(21(24)23-11-13-25-14-12-23)19(26-20)16-8-3-2-4-9-16/h5-7,10,16H,2-4,8-9,11-14H2,1H3. The summed E-state index contributed by atoms with van der Waals surface area (Å²) in [4.78, 5) is 19.7. The van der Waals surface area contributed by atoms with Crippen LogP contribution >= 0.6 is 0 Å². The van der Waals surface area contributed by atoms with Crippen molar-refractivity contribution in [1.29, 1.82) is 0 Å². The van der Waals surface area contributed by atoms with Crippen LogP contribution in [0.2, 0.25) is 0 Å². The summed E-state index contributed by atoms with van der Waals surface area (Å²) in [7, 11) is 0. The van der Waals surface area contributed by atoms with Gasteiger partial charge in [-0.05, 0) is 31.4 Å². The van der Waals surface area contributed by atoms with E-state index in [0.717, 1.165) is 29.7 Å². The maximum Gasteiger partial charge on any atom is 0.276 e. The Balaban J connectivity index is 1.72. The number of ether oxygens (including phenoxy) is 1. The molecule has 2 fully saturated rings. The van der Waals surface area contributed by atoms with Crippen molar-refractivity contribution >= 4 is 5.91 Å². The summed E-state index contributed by atoms with van der Waals surface area (Å²) in [6, 6.07) is 8.04. The lowest BCUT2D eigenvalue weighted by atomic mass is 9.86. The summed E-state index contributed by atoms with van der Waals surface area (Å²) in [5, 5.41) is 0. The fraction of sp³-hybridized carbons (Fsp3) is 0.524. The minimum absolute atomic E-state index is 0.0162. The van der Waals surface area contributed by atoms with Crippen molar-refractivity contribution in [2.45, 2.75) is 44.9 Å². The van der Waals surface area contributed by atoms with Gasteiger partial charge < -0.3 is 14.1 Å². The normalized spacial score (nSPS) is 18.9. The molecule has 1 aliphatic heterocycles. The molecule has 1 amide bonds. The Kier molecular flexibility index (Phi) is 5.07. The van der Waals surface area contributed by atoms with E-state index in [4.69, 9.17) is 14.1 Å². The highest BCUT2D eigenvalue weighted by Gasteiger charge is 2.31. The minimum Gasteiger partial charge on any atom is -0.440 e. The number of morpholine rings is 1. The second-order valence-corrected chi connectivity index (χ2v) is 7.29. The largest absolute Gasteiger partial charge is 0.440 e. The monoisotopic (exact) mass is 354 g/mol. The Morgan fingerprint density at radius 1 is 1.12 bits per heavy atom. The van der Waals surface area contributed by atoms with E-state index in [2.05, 4.69) is 0 Å². The average molecular weight is 354 g/mol. The van der Waals surface area contributed by atoms with Crippen molar-refractivity contribution in [3.63, 3.8) is 0 Å². The maximum atomic E-state index is 13.1. The van der Waals surface area contributed by atoms with Gasteiger partial charge in [0.2, 0.25) is 5.89 Å². The van der Waals surface area contributed by atoms with E-state index in [-0.39, 0.29) is 5.91 Å². The first-order chi connectivity index (χ1) is 12.7. The van der Waals surface area contributed by atoms with Crippen molar-refractivity contribution in [1.82, 2.24) is 9.88 Å². The summed E-state index contributed by atoms with van der Waals surface area (Å²) in [5.74, 6) is 1.64. The topological polar surface area (TPSA) is 55.6 Å². The summed E-state index contributed by atoms with van der Waals surface area (Å²) in [6.07, 6.45) is 5.80. The molecule has 4 rings (SSSR count). The zero-order valence-corrected chi connectivity index (χ0v) is 15.4. The summed E-state index contributed by atoms with van der Waals surface area (Å²) >= 11 is 0. The third-order valence-electron chi connectivity index (χ3n) is 5.51. The average Bonchev–Trinajstić information content (AvgIpc) is 3.14. The number of oxazole rings is 1. The van der Waals surface area contributed by atoms with Crippen molar-refractivity contribution in [3.05, 3.63) is 41.3 Å². The van der Waals surface area contributed by atoms with Crippen molar-refractivity contribution in [2.24, 2.45) is 0 Å². The molecule has 1 aromatic heterocycles. The molecule has 1 aromatic carbocycles. The second-order valence-electron chi connectivity index (χ2n) is 7.29. The van der Waals surface area contributed by atoms with Crippen LogP contribution < -0.4 is 0 Å². The van der Waals surface area contributed by atoms with Crippen LogP contribution in [-0.2, 0) is 4.74 Å². The lowest BCUT2D eigenvalue weighted by molar-refractivity contribution is 0.0297. The highest BCUT2D eigenvalue weighted by molar-refractivity contribution is 5.94. The maximum absolute atomic E-state index is 13.1. The molecular formula is C21H26N2O3. The van der Waals surface area contributed by atoms with E-state index >= 15 is 0 Å². The molecule has 26 heavy (non-hydrogen) atoms. The highest BCUT2D eigenvalue weighted by Crippen LogP contribution is 2.37. The lowest BCUT2D eigenvalue weighted by Gasteiger charge is -2.27. The van der Waals surface area contributed by atoms with Gasteiger partial charge in [-0.15, -0.1) is 0 Å². The van der Waals surface area contributed by atoms with Gasteiger partial charge in [0, 0.05) is 24.6 Å². The molecule has 138 valence electrons. The van der Waals surface area contributed by atoms with Crippen LogP contribution in [0.15, 0.2) is 28.7 Å². The molecule has 0 radical (unpaired) electrons. The summed E-state index contributed by atoms with van der Waals surface area (Å²) < 4.78 is 11.6. The fourth-order valence-electron chi connectivity index (χ4n) is 3.97. The van der Waals surface area contributed by atoms with Gasteiger partial charge in [0.1, 0.15) is 5.76 Å². The van der Waals surface area contributed by atoms with Crippen LogP contribution in [0.3, 0.4) is 0 Å². The van der Waals surface area contributed by atoms with E-state index in [1.165, 1.54) is 19.3 Å². The molecule has 2 heterocycles. The van der Waals surface area contributed by atoms with Gasteiger partial charge in [-0.2, -0.15) is 0 Å². The van der Waals surface area contributed by atoms with Crippen LogP contribution in [0.1, 0.15) is 59.8 Å². The Hall–Kier alpha value is -2.14. The number of rotatable bonds is 3. The molecule has 5 heteroatoms. The zero-order chi connectivity index (χ0) is 17.9. The Morgan fingerprint density at radius 3 is 2.58 bits per heavy atom. The lowest BCUT2D eigenvalue weighted by Crippen LogP contribution is -2.41. The molecule has 0 spiro atoms. The number of carbonyl (C=O) groups is 1. The first kappa shape index (κ1) is 17.3. The molecule has 0 unspecified atom stereocenters. The van der Waals surface area contributed by atoms with E-state index < -0.39 is 0 Å². The smallest absolute Gasteiger partial charge is 0.276 e. The number of aryl methyl sites for hydroxylation is 1. The SMILES string of the molecule is Cc1ccccc1-c1nc(C(=O)N2CCOCC2)c(C2CCCCC2)o1. The Bertz CT molecular complexity index is 771. The van der Waals surface area contributed by atoms with Crippen molar-refractivity contribution in [3.8, 4) is 11.5 Å². The van der Waals surface area contributed by atoms with Gasteiger partial charge in [-0.1, -0.05) is 37.5 Å². The van der Waals surface area contributed by atoms with Gasteiger partial charge in [0.05, 0.1) is 13.2 Å². The molecule has 1 saturated heterocycles. The Morgan fingerprint density at radius 2 is 1.85 bits per heavy atom. The van der Waals surface area contributed by atoms with Crippen molar-refractivity contribution in [2.75, 3.05) is 26.3 Å². The zero-order valence-electron chi connectivity index (χ0n) is 15.4. The predicted octanol–water partition coefficient (Wildman–Crippen LogP) is 4.17. The molecule has 2 aliphatic rings. The van der Waals surface area contributed by atoms with E-state index in [1.807, 2.05) is 36.1 Å². The van der Waals surface area contributed by atoms with Gasteiger partial charge in [0.25, 0.3) is 5.91 Å². The van der Waals surface area contributed by atoms with Crippen LogP contribution in [0.4, 0.5) is 0 Å². The van der Waals surface area contributed by atoms with Gasteiger partial charge in [0.15, 0.2) is 5.69 Å². The number of hydrogen-bond acceptors (Lipinski definition) is 4. The number of carbonyl (C=O) groups excluding carboxylic acids is 1.